The lowest BCUT2D eigenvalue weighted by molar-refractivity contribution is 0.0595. The number of aromatic nitrogens is 1. The third-order valence-corrected chi connectivity index (χ3v) is 3.14. The van der Waals surface area contributed by atoms with E-state index >= 15 is 0 Å². The zero-order chi connectivity index (χ0) is 13.8. The molecule has 2 amide bonds. The van der Waals surface area contributed by atoms with Gasteiger partial charge in [0.2, 0.25) is 0 Å². The molecular weight excluding hydrogens is 270 g/mol. The molecule has 0 saturated carbocycles. The summed E-state index contributed by atoms with van der Waals surface area (Å²) in [6.45, 7) is 1.84. The Labute approximate surface area is 115 Å². The van der Waals surface area contributed by atoms with Gasteiger partial charge in [0.25, 0.3) is 5.91 Å². The molecule has 1 saturated heterocycles. The molecule has 2 rings (SSSR count). The van der Waals surface area contributed by atoms with Crippen LogP contribution in [-0.2, 0) is 4.74 Å². The molecule has 1 aliphatic rings. The minimum absolute atomic E-state index is 0.174. The van der Waals surface area contributed by atoms with E-state index < -0.39 is 0 Å². The highest BCUT2D eigenvalue weighted by Gasteiger charge is 2.25. The van der Waals surface area contributed by atoms with E-state index in [0.717, 1.165) is 0 Å². The first-order chi connectivity index (χ1) is 9.11. The van der Waals surface area contributed by atoms with Gasteiger partial charge in [0, 0.05) is 26.2 Å². The number of carbonyl (C=O) groups is 2. The summed E-state index contributed by atoms with van der Waals surface area (Å²) in [6, 6.07) is 4.93. The van der Waals surface area contributed by atoms with E-state index in [1.54, 1.807) is 28.0 Å². The number of ether oxygens (including phenoxy) is 1. The van der Waals surface area contributed by atoms with Crippen LogP contribution in [0, 0.1) is 0 Å². The zero-order valence-electron chi connectivity index (χ0n) is 10.5. The molecule has 0 unspecified atom stereocenters. The number of piperazine rings is 1. The van der Waals surface area contributed by atoms with Gasteiger partial charge in [-0.1, -0.05) is 17.7 Å². The fourth-order valence-electron chi connectivity index (χ4n) is 1.91. The van der Waals surface area contributed by atoms with Crippen LogP contribution in [0.2, 0.25) is 5.15 Å². The van der Waals surface area contributed by atoms with Crippen molar-refractivity contribution in [1.82, 2.24) is 14.8 Å². The summed E-state index contributed by atoms with van der Waals surface area (Å²) in [5.74, 6) is -0.174. The third kappa shape index (κ3) is 3.14. The van der Waals surface area contributed by atoms with Gasteiger partial charge in [0.1, 0.15) is 10.8 Å². The number of nitrogens with zero attached hydrogens (tertiary/aromatic N) is 3. The van der Waals surface area contributed by atoms with Crippen molar-refractivity contribution in [2.45, 2.75) is 0 Å². The molecule has 0 aromatic carbocycles. The van der Waals surface area contributed by atoms with Crippen LogP contribution in [0.3, 0.4) is 0 Å². The van der Waals surface area contributed by atoms with Crippen molar-refractivity contribution in [3.8, 4) is 0 Å². The van der Waals surface area contributed by atoms with E-state index in [-0.39, 0.29) is 12.0 Å². The number of hydrogen-bond donors (Lipinski definition) is 0. The minimum Gasteiger partial charge on any atom is -0.453 e. The van der Waals surface area contributed by atoms with Crippen molar-refractivity contribution < 1.29 is 14.3 Å². The largest absolute Gasteiger partial charge is 0.453 e. The Hall–Kier alpha value is -1.82. The van der Waals surface area contributed by atoms with Gasteiger partial charge in [-0.2, -0.15) is 0 Å². The maximum Gasteiger partial charge on any atom is 0.409 e. The minimum atomic E-state index is -0.368. The van der Waals surface area contributed by atoms with E-state index in [9.17, 15) is 9.59 Å². The lowest BCUT2D eigenvalue weighted by atomic mass is 10.2. The normalized spacial score (nSPS) is 15.3. The maximum atomic E-state index is 12.2. The van der Waals surface area contributed by atoms with Gasteiger partial charge >= 0.3 is 6.09 Å². The molecule has 1 aromatic heterocycles. The molecule has 7 heteroatoms. The molecule has 0 atom stereocenters. The molecule has 1 aliphatic heterocycles. The van der Waals surface area contributed by atoms with Crippen LogP contribution in [-0.4, -0.2) is 60.1 Å². The van der Waals surface area contributed by atoms with Gasteiger partial charge in [-0.15, -0.1) is 0 Å². The summed E-state index contributed by atoms with van der Waals surface area (Å²) in [6.07, 6.45) is -0.368. The lowest BCUT2D eigenvalue weighted by Crippen LogP contribution is -2.50. The summed E-state index contributed by atoms with van der Waals surface area (Å²) in [4.78, 5) is 30.7. The van der Waals surface area contributed by atoms with Crippen LogP contribution >= 0.6 is 11.6 Å². The summed E-state index contributed by atoms with van der Waals surface area (Å²) in [7, 11) is 1.34. The van der Waals surface area contributed by atoms with Crippen LogP contribution in [0.5, 0.6) is 0 Å². The number of hydrogen-bond acceptors (Lipinski definition) is 4. The van der Waals surface area contributed by atoms with E-state index in [1.807, 2.05) is 0 Å². The second-order valence-corrected chi connectivity index (χ2v) is 4.48. The van der Waals surface area contributed by atoms with E-state index in [0.29, 0.717) is 37.0 Å². The first-order valence-corrected chi connectivity index (χ1v) is 6.24. The van der Waals surface area contributed by atoms with Crippen LogP contribution in [0.4, 0.5) is 4.79 Å². The van der Waals surface area contributed by atoms with Crippen LogP contribution in [0.1, 0.15) is 10.5 Å². The number of methoxy groups -OCH3 is 1. The first kappa shape index (κ1) is 13.6. The number of pyridine rings is 1. The standard InChI is InChI=1S/C12H14ClN3O3/c1-19-12(18)16-7-5-15(6-8-16)11(17)9-3-2-4-10(13)14-9/h2-4H,5-8H2,1H3. The monoisotopic (exact) mass is 283 g/mol. The second kappa shape index (κ2) is 5.88. The van der Waals surface area contributed by atoms with Crippen molar-refractivity contribution in [3.63, 3.8) is 0 Å². The van der Waals surface area contributed by atoms with Gasteiger partial charge in [-0.25, -0.2) is 9.78 Å². The molecule has 6 nitrogen and oxygen atoms in total. The predicted molar refractivity (Wildman–Crippen MR) is 69.1 cm³/mol. The Morgan fingerprint density at radius 2 is 1.84 bits per heavy atom. The fraction of sp³-hybridized carbons (Fsp3) is 0.417. The Balaban J connectivity index is 1.98. The molecule has 0 bridgehead atoms. The summed E-state index contributed by atoms with van der Waals surface area (Å²) < 4.78 is 4.64. The van der Waals surface area contributed by atoms with Gasteiger partial charge in [0.05, 0.1) is 7.11 Å². The molecule has 0 aliphatic carbocycles. The van der Waals surface area contributed by atoms with Crippen molar-refractivity contribution >= 4 is 23.6 Å². The molecule has 2 heterocycles. The molecule has 102 valence electrons. The van der Waals surface area contributed by atoms with Crippen LogP contribution < -0.4 is 0 Å². The average molecular weight is 284 g/mol. The zero-order valence-corrected chi connectivity index (χ0v) is 11.3. The van der Waals surface area contributed by atoms with Crippen molar-refractivity contribution in [2.75, 3.05) is 33.3 Å². The van der Waals surface area contributed by atoms with E-state index in [4.69, 9.17) is 11.6 Å². The molecule has 0 N–H and O–H groups in total. The number of amides is 2. The highest BCUT2D eigenvalue weighted by molar-refractivity contribution is 6.29. The molecule has 0 spiro atoms. The molecular formula is C12H14ClN3O3. The SMILES string of the molecule is COC(=O)N1CCN(C(=O)c2cccc(Cl)n2)CC1. The Kier molecular flexibility index (Phi) is 4.21. The van der Waals surface area contributed by atoms with Crippen molar-refractivity contribution in [3.05, 3.63) is 29.0 Å². The van der Waals surface area contributed by atoms with E-state index in [2.05, 4.69) is 9.72 Å². The predicted octanol–water partition coefficient (Wildman–Crippen LogP) is 1.26. The fourth-order valence-corrected chi connectivity index (χ4v) is 2.07. The van der Waals surface area contributed by atoms with Gasteiger partial charge in [-0.3, -0.25) is 4.79 Å². The first-order valence-electron chi connectivity index (χ1n) is 5.86. The Morgan fingerprint density at radius 3 is 2.42 bits per heavy atom. The number of rotatable bonds is 1. The lowest BCUT2D eigenvalue weighted by Gasteiger charge is -2.33. The molecule has 0 radical (unpaired) electrons. The third-order valence-electron chi connectivity index (χ3n) is 2.93. The summed E-state index contributed by atoms with van der Waals surface area (Å²) >= 11 is 5.76. The molecule has 1 aromatic rings. The molecule has 1 fully saturated rings. The van der Waals surface area contributed by atoms with Gasteiger partial charge < -0.3 is 14.5 Å². The highest BCUT2D eigenvalue weighted by atomic mass is 35.5. The summed E-state index contributed by atoms with van der Waals surface area (Å²) in [5.41, 5.74) is 0.319. The van der Waals surface area contributed by atoms with Crippen LogP contribution in [0.15, 0.2) is 18.2 Å². The van der Waals surface area contributed by atoms with Crippen molar-refractivity contribution in [1.29, 1.82) is 0 Å². The Bertz CT molecular complexity index is 487. The van der Waals surface area contributed by atoms with Gasteiger partial charge in [0.15, 0.2) is 0 Å². The quantitative estimate of drug-likeness (QED) is 0.728. The van der Waals surface area contributed by atoms with E-state index in [1.165, 1.54) is 7.11 Å². The van der Waals surface area contributed by atoms with Crippen LogP contribution in [0.25, 0.3) is 0 Å². The van der Waals surface area contributed by atoms with Crippen molar-refractivity contribution in [2.24, 2.45) is 0 Å². The highest BCUT2D eigenvalue weighted by Crippen LogP contribution is 2.10. The Morgan fingerprint density at radius 1 is 1.21 bits per heavy atom. The maximum absolute atomic E-state index is 12.2. The second-order valence-electron chi connectivity index (χ2n) is 4.09. The smallest absolute Gasteiger partial charge is 0.409 e. The number of carbonyl (C=O) groups excluding carboxylic acids is 2. The molecule has 19 heavy (non-hydrogen) atoms. The topological polar surface area (TPSA) is 62.7 Å². The number of halogens is 1. The summed E-state index contributed by atoms with van der Waals surface area (Å²) in [5, 5.41) is 0.291. The average Bonchev–Trinajstić information content (AvgIpc) is 2.46. The van der Waals surface area contributed by atoms with Gasteiger partial charge in [-0.05, 0) is 12.1 Å².